The molecule has 1 aromatic rings. The number of carbonyl (C=O) groups excluding carboxylic acids is 1. The van der Waals surface area contributed by atoms with Gasteiger partial charge in [0.15, 0.2) is 0 Å². The number of rotatable bonds is 8. The second kappa shape index (κ2) is 8.08. The van der Waals surface area contributed by atoms with E-state index in [1.54, 1.807) is 18.1 Å². The van der Waals surface area contributed by atoms with Crippen molar-refractivity contribution in [1.29, 1.82) is 0 Å². The number of pyridine rings is 1. The van der Waals surface area contributed by atoms with Gasteiger partial charge in [-0.15, -0.1) is 0 Å². The first-order chi connectivity index (χ1) is 9.97. The molecule has 0 spiro atoms. The van der Waals surface area contributed by atoms with Crippen LogP contribution < -0.4 is 5.73 Å². The number of thiocarbonyl (C=S) groups is 1. The second-order valence-corrected chi connectivity index (χ2v) is 5.87. The summed E-state index contributed by atoms with van der Waals surface area (Å²) in [5.74, 6) is 0.00403. The Kier molecular flexibility index (Phi) is 6.75. The van der Waals surface area contributed by atoms with Crippen molar-refractivity contribution in [3.05, 3.63) is 30.1 Å². The first-order valence-corrected chi connectivity index (χ1v) is 7.84. The molecule has 21 heavy (non-hydrogen) atoms. The number of nitrogens with two attached hydrogens (primary N) is 1. The number of hydrogen-bond acceptors (Lipinski definition) is 3. The van der Waals surface area contributed by atoms with E-state index >= 15 is 0 Å². The van der Waals surface area contributed by atoms with Gasteiger partial charge in [0.1, 0.15) is 0 Å². The second-order valence-electron chi connectivity index (χ2n) is 5.43. The van der Waals surface area contributed by atoms with E-state index < -0.39 is 5.41 Å². The van der Waals surface area contributed by atoms with E-state index in [1.165, 1.54) is 0 Å². The lowest BCUT2D eigenvalue weighted by Gasteiger charge is -2.34. The van der Waals surface area contributed by atoms with Gasteiger partial charge < -0.3 is 10.6 Å². The monoisotopic (exact) mass is 307 g/mol. The zero-order valence-electron chi connectivity index (χ0n) is 13.1. The summed E-state index contributed by atoms with van der Waals surface area (Å²) in [5, 5.41) is 0. The SMILES string of the molecule is CCCC(CCC)(C(=O)N(C)Cc1ccccn1)C(N)=S. The summed E-state index contributed by atoms with van der Waals surface area (Å²) in [5.41, 5.74) is 6.08. The van der Waals surface area contributed by atoms with E-state index in [9.17, 15) is 4.79 Å². The van der Waals surface area contributed by atoms with Crippen molar-refractivity contribution in [2.24, 2.45) is 11.1 Å². The fourth-order valence-electron chi connectivity index (χ4n) is 2.72. The van der Waals surface area contributed by atoms with Crippen LogP contribution in [0.2, 0.25) is 0 Å². The molecule has 0 aliphatic carbocycles. The maximum Gasteiger partial charge on any atom is 0.235 e. The zero-order valence-corrected chi connectivity index (χ0v) is 13.9. The molecular formula is C16H25N3OS. The summed E-state index contributed by atoms with van der Waals surface area (Å²) in [4.78, 5) is 19.2. The van der Waals surface area contributed by atoms with Gasteiger partial charge in [-0.25, -0.2) is 0 Å². The van der Waals surface area contributed by atoms with Crippen LogP contribution in [0.5, 0.6) is 0 Å². The molecular weight excluding hydrogens is 282 g/mol. The molecule has 1 aromatic heterocycles. The maximum absolute atomic E-state index is 12.9. The molecule has 0 fully saturated rings. The Bertz CT molecular complexity index is 470. The summed E-state index contributed by atoms with van der Waals surface area (Å²) >= 11 is 5.23. The van der Waals surface area contributed by atoms with E-state index in [1.807, 2.05) is 18.2 Å². The molecule has 1 rings (SSSR count). The highest BCUT2D eigenvalue weighted by Gasteiger charge is 2.41. The molecule has 0 radical (unpaired) electrons. The normalized spacial score (nSPS) is 11.2. The van der Waals surface area contributed by atoms with E-state index in [4.69, 9.17) is 18.0 Å². The highest BCUT2D eigenvalue weighted by Crippen LogP contribution is 2.33. The third-order valence-corrected chi connectivity index (χ3v) is 4.10. The summed E-state index contributed by atoms with van der Waals surface area (Å²) in [6, 6.07) is 5.68. The molecule has 0 saturated heterocycles. The van der Waals surface area contributed by atoms with Gasteiger partial charge in [0.2, 0.25) is 5.91 Å². The van der Waals surface area contributed by atoms with Crippen molar-refractivity contribution in [3.8, 4) is 0 Å². The molecule has 2 N–H and O–H groups in total. The molecule has 1 amide bonds. The van der Waals surface area contributed by atoms with Crippen molar-refractivity contribution in [3.63, 3.8) is 0 Å². The minimum absolute atomic E-state index is 0.00403. The number of nitrogens with zero attached hydrogens (tertiary/aromatic N) is 2. The lowest BCUT2D eigenvalue weighted by atomic mass is 9.77. The van der Waals surface area contributed by atoms with Gasteiger partial charge in [-0.05, 0) is 25.0 Å². The molecule has 0 saturated carbocycles. The Morgan fingerprint density at radius 2 is 1.95 bits per heavy atom. The number of carbonyl (C=O) groups is 1. The van der Waals surface area contributed by atoms with Crippen molar-refractivity contribution >= 4 is 23.1 Å². The number of hydrogen-bond donors (Lipinski definition) is 1. The van der Waals surface area contributed by atoms with Crippen molar-refractivity contribution in [2.45, 2.75) is 46.1 Å². The quantitative estimate of drug-likeness (QED) is 0.750. The van der Waals surface area contributed by atoms with Crippen LogP contribution in [0, 0.1) is 5.41 Å². The predicted octanol–water partition coefficient (Wildman–Crippen LogP) is 2.91. The first kappa shape index (κ1) is 17.6. The van der Waals surface area contributed by atoms with Gasteiger partial charge in [0, 0.05) is 13.2 Å². The number of aromatic nitrogens is 1. The topological polar surface area (TPSA) is 59.2 Å². The summed E-state index contributed by atoms with van der Waals surface area (Å²) in [6.45, 7) is 4.57. The Labute approximate surface area is 132 Å². The molecule has 0 bridgehead atoms. The molecule has 0 aliphatic rings. The molecule has 0 aliphatic heterocycles. The van der Waals surface area contributed by atoms with Gasteiger partial charge in [0.05, 0.1) is 22.6 Å². The minimum atomic E-state index is -0.720. The van der Waals surface area contributed by atoms with Crippen LogP contribution in [0.1, 0.15) is 45.2 Å². The van der Waals surface area contributed by atoms with Crippen molar-refractivity contribution < 1.29 is 4.79 Å². The average Bonchev–Trinajstić information content (AvgIpc) is 2.46. The van der Waals surface area contributed by atoms with E-state index in [2.05, 4.69) is 18.8 Å². The van der Waals surface area contributed by atoms with Gasteiger partial charge in [-0.2, -0.15) is 0 Å². The fraction of sp³-hybridized carbons (Fsp3) is 0.562. The molecule has 116 valence electrons. The third kappa shape index (κ3) is 4.24. The lowest BCUT2D eigenvalue weighted by molar-refractivity contribution is -0.138. The largest absolute Gasteiger partial charge is 0.392 e. The fourth-order valence-corrected chi connectivity index (χ4v) is 3.01. The molecule has 0 unspecified atom stereocenters. The Balaban J connectivity index is 2.96. The highest BCUT2D eigenvalue weighted by atomic mass is 32.1. The first-order valence-electron chi connectivity index (χ1n) is 7.43. The van der Waals surface area contributed by atoms with Crippen LogP contribution in [0.15, 0.2) is 24.4 Å². The number of amides is 1. The summed E-state index contributed by atoms with van der Waals surface area (Å²) < 4.78 is 0. The molecule has 5 heteroatoms. The zero-order chi connectivity index (χ0) is 15.9. The molecule has 1 heterocycles. The smallest absolute Gasteiger partial charge is 0.235 e. The van der Waals surface area contributed by atoms with Crippen LogP contribution >= 0.6 is 12.2 Å². The Hall–Kier alpha value is -1.49. The van der Waals surface area contributed by atoms with E-state index in [-0.39, 0.29) is 5.91 Å². The average molecular weight is 307 g/mol. The van der Waals surface area contributed by atoms with Crippen LogP contribution in [0.4, 0.5) is 0 Å². The lowest BCUT2D eigenvalue weighted by Crippen LogP contribution is -2.49. The van der Waals surface area contributed by atoms with Crippen molar-refractivity contribution in [2.75, 3.05) is 7.05 Å². The Morgan fingerprint density at radius 3 is 2.38 bits per heavy atom. The molecule has 0 atom stereocenters. The summed E-state index contributed by atoms with van der Waals surface area (Å²) in [6.07, 6.45) is 4.87. The van der Waals surface area contributed by atoms with Crippen LogP contribution in [-0.2, 0) is 11.3 Å². The maximum atomic E-state index is 12.9. The summed E-state index contributed by atoms with van der Waals surface area (Å²) in [7, 11) is 1.79. The van der Waals surface area contributed by atoms with E-state index in [0.717, 1.165) is 18.5 Å². The van der Waals surface area contributed by atoms with Crippen LogP contribution in [0.3, 0.4) is 0 Å². The van der Waals surface area contributed by atoms with Crippen LogP contribution in [-0.4, -0.2) is 27.8 Å². The van der Waals surface area contributed by atoms with Crippen LogP contribution in [0.25, 0.3) is 0 Å². The minimum Gasteiger partial charge on any atom is -0.392 e. The van der Waals surface area contributed by atoms with E-state index in [0.29, 0.717) is 24.4 Å². The highest BCUT2D eigenvalue weighted by molar-refractivity contribution is 7.80. The van der Waals surface area contributed by atoms with Gasteiger partial charge in [0.25, 0.3) is 0 Å². The Morgan fingerprint density at radius 1 is 1.33 bits per heavy atom. The van der Waals surface area contributed by atoms with Gasteiger partial charge >= 0.3 is 0 Å². The third-order valence-electron chi connectivity index (χ3n) is 3.71. The van der Waals surface area contributed by atoms with Crippen molar-refractivity contribution in [1.82, 2.24) is 9.88 Å². The standard InChI is InChI=1S/C16H25N3OS/c1-4-9-16(10-5-2,14(17)21)15(20)19(3)12-13-8-6-7-11-18-13/h6-8,11H,4-5,9-10,12H2,1-3H3,(H2,17,21). The molecule has 4 nitrogen and oxygen atoms in total. The molecule has 0 aromatic carbocycles. The van der Waals surface area contributed by atoms with Gasteiger partial charge in [-0.3, -0.25) is 9.78 Å². The predicted molar refractivity (Wildman–Crippen MR) is 89.7 cm³/mol. The van der Waals surface area contributed by atoms with Gasteiger partial charge in [-0.1, -0.05) is 45.0 Å².